The summed E-state index contributed by atoms with van der Waals surface area (Å²) < 4.78 is 5.49. The summed E-state index contributed by atoms with van der Waals surface area (Å²) in [5.41, 5.74) is -0.354. The van der Waals surface area contributed by atoms with Crippen LogP contribution in [0.2, 0.25) is 0 Å². The summed E-state index contributed by atoms with van der Waals surface area (Å²) in [5.74, 6) is 0.908. The van der Waals surface area contributed by atoms with Gasteiger partial charge in [0.25, 0.3) is 0 Å². The molecule has 1 aromatic rings. The molecule has 3 aliphatic rings. The van der Waals surface area contributed by atoms with Crippen molar-refractivity contribution < 1.29 is 9.21 Å². The van der Waals surface area contributed by atoms with Gasteiger partial charge in [0.05, 0.1) is 22.0 Å². The third kappa shape index (κ3) is 1.78. The third-order valence-corrected chi connectivity index (χ3v) is 9.13. The van der Waals surface area contributed by atoms with Crippen LogP contribution < -0.4 is 5.32 Å². The van der Waals surface area contributed by atoms with Crippen molar-refractivity contribution in [2.45, 2.75) is 41.8 Å². The summed E-state index contributed by atoms with van der Waals surface area (Å²) in [6.45, 7) is 4.86. The molecule has 3 unspecified atom stereocenters. The Kier molecular flexibility index (Phi) is 3.90. The summed E-state index contributed by atoms with van der Waals surface area (Å²) >= 11 is 11.2. The number of hydrogen-bond donors (Lipinski definition) is 1. The molecule has 3 aliphatic carbocycles. The predicted molar refractivity (Wildman–Crippen MR) is 92.8 cm³/mol. The average molecular weight is 484 g/mol. The van der Waals surface area contributed by atoms with E-state index >= 15 is 0 Å². The first kappa shape index (κ1) is 16.1. The third-order valence-electron chi connectivity index (χ3n) is 5.89. The van der Waals surface area contributed by atoms with Crippen molar-refractivity contribution in [3.8, 4) is 0 Å². The van der Waals surface area contributed by atoms with Gasteiger partial charge in [0.2, 0.25) is 5.91 Å². The van der Waals surface area contributed by atoms with E-state index in [0.717, 1.165) is 18.6 Å². The Hall–Kier alpha value is 0.190. The number of fused-ring (bicyclic) bond motifs is 1. The zero-order valence-corrected chi connectivity index (χ0v) is 16.7. The molecule has 1 heterocycles. The van der Waals surface area contributed by atoms with Crippen LogP contribution >= 0.6 is 47.8 Å². The van der Waals surface area contributed by atoms with Gasteiger partial charge in [-0.2, -0.15) is 0 Å². The molecule has 21 heavy (non-hydrogen) atoms. The van der Waals surface area contributed by atoms with Crippen LogP contribution in [0.15, 0.2) is 22.8 Å². The summed E-state index contributed by atoms with van der Waals surface area (Å²) in [6, 6.07) is 3.71. The maximum Gasteiger partial charge on any atom is 0.228 e. The van der Waals surface area contributed by atoms with Gasteiger partial charge in [0.1, 0.15) is 5.76 Å². The number of halogens is 3. The maximum atomic E-state index is 12.9. The fraction of sp³-hybridized carbons (Fsp3) is 0.667. The molecule has 1 amide bonds. The molecule has 1 N–H and O–H groups in total. The van der Waals surface area contributed by atoms with Crippen LogP contribution in [0.25, 0.3) is 0 Å². The van der Waals surface area contributed by atoms with Crippen LogP contribution in [0.3, 0.4) is 0 Å². The molecule has 0 aliphatic heterocycles. The molecule has 3 atom stereocenters. The summed E-state index contributed by atoms with van der Waals surface area (Å²) in [4.78, 5) is 13.1. The van der Waals surface area contributed by atoms with Gasteiger partial charge in [-0.3, -0.25) is 4.79 Å². The van der Waals surface area contributed by atoms with E-state index in [2.05, 4.69) is 67.0 Å². The fourth-order valence-corrected chi connectivity index (χ4v) is 9.35. The zero-order valence-electron chi connectivity index (χ0n) is 12.0. The van der Waals surface area contributed by atoms with E-state index in [9.17, 15) is 4.79 Å². The number of hydrogen-bond acceptors (Lipinski definition) is 2. The van der Waals surface area contributed by atoms with Gasteiger partial charge in [-0.15, -0.1) is 0 Å². The first-order valence-electron chi connectivity index (χ1n) is 7.03. The number of rotatable bonds is 4. The molecular formula is C15H18Br3NO2. The molecule has 0 spiro atoms. The number of carbonyl (C=O) groups is 1. The molecule has 0 radical (unpaired) electrons. The molecule has 3 nitrogen and oxygen atoms in total. The van der Waals surface area contributed by atoms with E-state index in [4.69, 9.17) is 4.42 Å². The molecule has 6 heteroatoms. The minimum Gasteiger partial charge on any atom is -0.467 e. The standard InChI is InChI=1S/C15H18Br3NO2/c1-13(2)14(11(17)18)5-6-15(13,10(14)16)12(20)19-8-9-4-3-7-21-9/h3-4,7,10-11H,5-6,8H2,1-2H3,(H,19,20). The van der Waals surface area contributed by atoms with Gasteiger partial charge >= 0.3 is 0 Å². The number of amides is 1. The van der Waals surface area contributed by atoms with Crippen molar-refractivity contribution in [1.29, 1.82) is 0 Å². The largest absolute Gasteiger partial charge is 0.467 e. The smallest absolute Gasteiger partial charge is 0.228 e. The number of nitrogens with one attached hydrogen (secondary N) is 1. The Bertz CT molecular complexity index is 557. The summed E-state index contributed by atoms with van der Waals surface area (Å²) in [7, 11) is 0. The Balaban J connectivity index is 1.81. The second-order valence-corrected chi connectivity index (χ2v) is 10.5. The molecule has 3 saturated carbocycles. The normalized spacial score (nSPS) is 36.6. The molecule has 1 aromatic heterocycles. The van der Waals surface area contributed by atoms with E-state index in [0.29, 0.717) is 6.54 Å². The van der Waals surface area contributed by atoms with Crippen LogP contribution in [0.4, 0.5) is 0 Å². The molecular weight excluding hydrogens is 466 g/mol. The minimum atomic E-state index is -0.348. The highest BCUT2D eigenvalue weighted by Gasteiger charge is 2.83. The van der Waals surface area contributed by atoms with Crippen LogP contribution in [0.5, 0.6) is 0 Å². The summed E-state index contributed by atoms with van der Waals surface area (Å²) in [6.07, 6.45) is 3.57. The Morgan fingerprint density at radius 1 is 1.48 bits per heavy atom. The highest BCUT2D eigenvalue weighted by atomic mass is 79.9. The number of carbonyl (C=O) groups excluding carboxylic acids is 1. The molecule has 0 aromatic carbocycles. The van der Waals surface area contributed by atoms with Crippen molar-refractivity contribution in [2.75, 3.05) is 0 Å². The van der Waals surface area contributed by atoms with Gasteiger partial charge in [0, 0.05) is 10.2 Å². The minimum absolute atomic E-state index is 0.0645. The Morgan fingerprint density at radius 3 is 2.67 bits per heavy atom. The van der Waals surface area contributed by atoms with Crippen molar-refractivity contribution in [3.63, 3.8) is 0 Å². The SMILES string of the molecule is CC1(C)C2(C(=O)NCc3ccco3)CCC1(C(Br)Br)C2Br. The fourth-order valence-electron chi connectivity index (χ4n) is 4.44. The maximum absolute atomic E-state index is 12.9. The first-order valence-corrected chi connectivity index (χ1v) is 9.78. The highest BCUT2D eigenvalue weighted by molar-refractivity contribution is 9.24. The Labute approximate surface area is 150 Å². The highest BCUT2D eigenvalue weighted by Crippen LogP contribution is 2.82. The first-order chi connectivity index (χ1) is 9.80. The molecule has 3 fully saturated rings. The lowest BCUT2D eigenvalue weighted by Crippen LogP contribution is -2.72. The molecule has 0 saturated heterocycles. The van der Waals surface area contributed by atoms with Gasteiger partial charge in [-0.1, -0.05) is 61.6 Å². The monoisotopic (exact) mass is 481 g/mol. The van der Waals surface area contributed by atoms with Crippen molar-refractivity contribution in [3.05, 3.63) is 24.2 Å². The van der Waals surface area contributed by atoms with Crippen LogP contribution in [-0.4, -0.2) is 14.5 Å². The van der Waals surface area contributed by atoms with E-state index in [-0.39, 0.29) is 30.7 Å². The van der Waals surface area contributed by atoms with E-state index in [1.54, 1.807) is 6.26 Å². The quantitative estimate of drug-likeness (QED) is 0.637. The molecule has 116 valence electrons. The van der Waals surface area contributed by atoms with Gasteiger partial charge in [-0.25, -0.2) is 0 Å². The topological polar surface area (TPSA) is 42.2 Å². The average Bonchev–Trinajstić information content (AvgIpc) is 3.08. The van der Waals surface area contributed by atoms with Crippen LogP contribution in [0.1, 0.15) is 32.4 Å². The predicted octanol–water partition coefficient (Wildman–Crippen LogP) is 4.58. The Morgan fingerprint density at radius 2 is 2.19 bits per heavy atom. The van der Waals surface area contributed by atoms with Crippen molar-refractivity contribution in [1.82, 2.24) is 5.32 Å². The summed E-state index contributed by atoms with van der Waals surface area (Å²) in [5, 5.41) is 3.05. The van der Waals surface area contributed by atoms with Crippen LogP contribution in [-0.2, 0) is 11.3 Å². The van der Waals surface area contributed by atoms with Crippen molar-refractivity contribution in [2.24, 2.45) is 16.2 Å². The van der Waals surface area contributed by atoms with Crippen LogP contribution in [0, 0.1) is 16.2 Å². The lowest BCUT2D eigenvalue weighted by molar-refractivity contribution is -0.161. The second kappa shape index (κ2) is 5.10. The number of furan rings is 1. The van der Waals surface area contributed by atoms with Crippen molar-refractivity contribution >= 4 is 53.7 Å². The van der Waals surface area contributed by atoms with E-state index < -0.39 is 0 Å². The van der Waals surface area contributed by atoms with Gasteiger partial charge in [-0.05, 0) is 30.4 Å². The van der Waals surface area contributed by atoms with E-state index in [1.807, 2.05) is 12.1 Å². The second-order valence-electron chi connectivity index (χ2n) is 6.56. The number of alkyl halides is 3. The molecule has 2 bridgehead atoms. The van der Waals surface area contributed by atoms with Gasteiger partial charge < -0.3 is 9.73 Å². The lowest BCUT2D eigenvalue weighted by atomic mass is 9.43. The molecule has 4 rings (SSSR count). The zero-order chi connectivity index (χ0) is 15.5. The lowest BCUT2D eigenvalue weighted by Gasteiger charge is -2.66. The van der Waals surface area contributed by atoms with Gasteiger partial charge in [0.15, 0.2) is 0 Å². The van der Waals surface area contributed by atoms with E-state index in [1.165, 1.54) is 0 Å².